The fraction of sp³-hybridized carbons (Fsp3) is 0.167. The summed E-state index contributed by atoms with van der Waals surface area (Å²) in [4.78, 5) is 11.7. The van der Waals surface area contributed by atoms with Gasteiger partial charge in [0.2, 0.25) is 0 Å². The molecule has 0 radical (unpaired) electrons. The lowest BCUT2D eigenvalue weighted by atomic mass is 10.2. The van der Waals surface area contributed by atoms with Crippen molar-refractivity contribution in [2.24, 2.45) is 0 Å². The highest BCUT2D eigenvalue weighted by atomic mass is 35.5. The lowest BCUT2D eigenvalue weighted by molar-refractivity contribution is 0.241. The number of carbonyl (C=O) groups excluding carboxylic acids is 1. The van der Waals surface area contributed by atoms with Crippen molar-refractivity contribution in [1.29, 1.82) is 0 Å². The Morgan fingerprint density at radius 2 is 1.96 bits per heavy atom. The molecule has 0 atom stereocenters. The van der Waals surface area contributed by atoms with Gasteiger partial charge < -0.3 is 15.4 Å². The number of hydrogen-bond acceptors (Lipinski definition) is 2. The number of carbonyl (C=O) groups is 1. The highest BCUT2D eigenvalue weighted by Gasteiger charge is 1.99. The molecule has 5 heteroatoms. The Kier molecular flexibility index (Phi) is 6.34. The SMILES string of the molecule is COc1ccc(CNC(=O)NCC#Cc2cccc(Cl)c2)cc1. The van der Waals surface area contributed by atoms with E-state index in [1.807, 2.05) is 36.4 Å². The van der Waals surface area contributed by atoms with Gasteiger partial charge in [-0.3, -0.25) is 0 Å². The molecule has 4 nitrogen and oxygen atoms in total. The normalized spacial score (nSPS) is 9.48. The first-order chi connectivity index (χ1) is 11.2. The van der Waals surface area contributed by atoms with Crippen LogP contribution in [0.2, 0.25) is 5.02 Å². The topological polar surface area (TPSA) is 50.4 Å². The first kappa shape index (κ1) is 16.7. The van der Waals surface area contributed by atoms with Gasteiger partial charge in [0.1, 0.15) is 5.75 Å². The molecular formula is C18H17ClN2O2. The lowest BCUT2D eigenvalue weighted by Gasteiger charge is -2.06. The van der Waals surface area contributed by atoms with E-state index < -0.39 is 0 Å². The van der Waals surface area contributed by atoms with Crippen LogP contribution in [0.3, 0.4) is 0 Å². The largest absolute Gasteiger partial charge is 0.497 e. The number of methoxy groups -OCH3 is 1. The van der Waals surface area contributed by atoms with Crippen LogP contribution in [0.1, 0.15) is 11.1 Å². The molecule has 0 saturated carbocycles. The fourth-order valence-electron chi connectivity index (χ4n) is 1.83. The Morgan fingerprint density at radius 3 is 2.65 bits per heavy atom. The van der Waals surface area contributed by atoms with Crippen molar-refractivity contribution >= 4 is 17.6 Å². The number of amides is 2. The second-order valence-electron chi connectivity index (χ2n) is 4.70. The van der Waals surface area contributed by atoms with E-state index in [1.54, 1.807) is 19.2 Å². The van der Waals surface area contributed by atoms with Gasteiger partial charge in [0.05, 0.1) is 13.7 Å². The molecule has 0 aliphatic heterocycles. The van der Waals surface area contributed by atoms with E-state index >= 15 is 0 Å². The Bertz CT molecular complexity index is 718. The van der Waals surface area contributed by atoms with E-state index in [9.17, 15) is 4.79 Å². The summed E-state index contributed by atoms with van der Waals surface area (Å²) in [5.74, 6) is 6.60. The van der Waals surface area contributed by atoms with Gasteiger partial charge in [-0.2, -0.15) is 0 Å². The van der Waals surface area contributed by atoms with Gasteiger partial charge in [-0.15, -0.1) is 0 Å². The van der Waals surface area contributed by atoms with Gasteiger partial charge in [0.25, 0.3) is 0 Å². The van der Waals surface area contributed by atoms with Crippen molar-refractivity contribution in [2.75, 3.05) is 13.7 Å². The molecular weight excluding hydrogens is 312 g/mol. The number of hydrogen-bond donors (Lipinski definition) is 2. The van der Waals surface area contributed by atoms with Crippen LogP contribution >= 0.6 is 11.6 Å². The zero-order chi connectivity index (χ0) is 16.5. The highest BCUT2D eigenvalue weighted by molar-refractivity contribution is 6.30. The molecule has 2 aromatic rings. The number of urea groups is 1. The van der Waals surface area contributed by atoms with Crippen molar-refractivity contribution < 1.29 is 9.53 Å². The second kappa shape index (κ2) is 8.72. The van der Waals surface area contributed by atoms with E-state index in [-0.39, 0.29) is 12.6 Å². The zero-order valence-corrected chi connectivity index (χ0v) is 13.5. The van der Waals surface area contributed by atoms with E-state index in [0.717, 1.165) is 16.9 Å². The molecule has 0 bridgehead atoms. The predicted octanol–water partition coefficient (Wildman–Crippen LogP) is 3.20. The maximum Gasteiger partial charge on any atom is 0.315 e. The molecule has 0 aromatic heterocycles. The molecule has 2 N–H and O–H groups in total. The minimum absolute atomic E-state index is 0.263. The van der Waals surface area contributed by atoms with Crippen molar-refractivity contribution in [3.63, 3.8) is 0 Å². The van der Waals surface area contributed by atoms with Crippen LogP contribution in [0.25, 0.3) is 0 Å². The third-order valence-corrected chi connectivity index (χ3v) is 3.24. The average molecular weight is 329 g/mol. The summed E-state index contributed by atoms with van der Waals surface area (Å²) < 4.78 is 5.08. The number of ether oxygens (including phenoxy) is 1. The molecule has 2 rings (SSSR count). The third-order valence-electron chi connectivity index (χ3n) is 3.01. The van der Waals surface area contributed by atoms with Crippen molar-refractivity contribution in [1.82, 2.24) is 10.6 Å². The second-order valence-corrected chi connectivity index (χ2v) is 5.13. The minimum Gasteiger partial charge on any atom is -0.497 e. The molecule has 118 valence electrons. The van der Waals surface area contributed by atoms with E-state index in [2.05, 4.69) is 22.5 Å². The summed E-state index contributed by atoms with van der Waals surface area (Å²) >= 11 is 5.87. The molecule has 0 saturated heterocycles. The Hall–Kier alpha value is -2.64. The monoisotopic (exact) mass is 328 g/mol. The molecule has 0 aliphatic rings. The molecule has 2 amide bonds. The summed E-state index contributed by atoms with van der Waals surface area (Å²) in [5, 5.41) is 6.08. The molecule has 23 heavy (non-hydrogen) atoms. The summed E-state index contributed by atoms with van der Waals surface area (Å²) in [5.41, 5.74) is 1.81. The molecule has 2 aromatic carbocycles. The number of rotatable bonds is 4. The van der Waals surface area contributed by atoms with Crippen LogP contribution in [0.15, 0.2) is 48.5 Å². The van der Waals surface area contributed by atoms with Gasteiger partial charge >= 0.3 is 6.03 Å². The highest BCUT2D eigenvalue weighted by Crippen LogP contribution is 2.11. The smallest absolute Gasteiger partial charge is 0.315 e. The lowest BCUT2D eigenvalue weighted by Crippen LogP contribution is -2.35. The summed E-state index contributed by atoms with van der Waals surface area (Å²) in [6.07, 6.45) is 0. The number of nitrogens with one attached hydrogen (secondary N) is 2. The first-order valence-corrected chi connectivity index (χ1v) is 7.44. The van der Waals surface area contributed by atoms with Crippen LogP contribution in [0, 0.1) is 11.8 Å². The quantitative estimate of drug-likeness (QED) is 0.847. The zero-order valence-electron chi connectivity index (χ0n) is 12.7. The summed E-state index contributed by atoms with van der Waals surface area (Å²) in [7, 11) is 1.62. The Balaban J connectivity index is 1.73. The minimum atomic E-state index is -0.263. The van der Waals surface area contributed by atoms with Crippen molar-refractivity contribution in [2.45, 2.75) is 6.54 Å². The van der Waals surface area contributed by atoms with E-state index in [1.165, 1.54) is 0 Å². The van der Waals surface area contributed by atoms with Crippen LogP contribution in [-0.4, -0.2) is 19.7 Å². The van der Waals surface area contributed by atoms with Gasteiger partial charge in [0.15, 0.2) is 0 Å². The predicted molar refractivity (Wildman–Crippen MR) is 91.6 cm³/mol. The third kappa shape index (κ3) is 5.93. The van der Waals surface area contributed by atoms with E-state index in [4.69, 9.17) is 16.3 Å². The van der Waals surface area contributed by atoms with Crippen LogP contribution < -0.4 is 15.4 Å². The fourth-order valence-corrected chi connectivity index (χ4v) is 2.02. The van der Waals surface area contributed by atoms with Gasteiger partial charge in [-0.25, -0.2) is 4.79 Å². The standard InChI is InChI=1S/C18H17ClN2O2/c1-23-17-9-7-15(8-10-17)13-21-18(22)20-11-3-5-14-4-2-6-16(19)12-14/h2,4,6-10,12H,11,13H2,1H3,(H2,20,21,22). The molecule has 0 heterocycles. The molecule has 0 spiro atoms. The molecule has 0 fully saturated rings. The van der Waals surface area contributed by atoms with E-state index in [0.29, 0.717) is 11.6 Å². The molecule has 0 unspecified atom stereocenters. The number of halogens is 1. The number of benzene rings is 2. The van der Waals surface area contributed by atoms with Crippen LogP contribution in [0.4, 0.5) is 4.79 Å². The van der Waals surface area contributed by atoms with Gasteiger partial charge in [-0.1, -0.05) is 41.6 Å². The summed E-state index contributed by atoms with van der Waals surface area (Å²) in [6.45, 7) is 0.707. The maximum atomic E-state index is 11.7. The van der Waals surface area contributed by atoms with Crippen molar-refractivity contribution in [3.8, 4) is 17.6 Å². The Morgan fingerprint density at radius 1 is 1.17 bits per heavy atom. The molecule has 0 aliphatic carbocycles. The van der Waals surface area contributed by atoms with Crippen LogP contribution in [-0.2, 0) is 6.54 Å². The maximum absolute atomic E-state index is 11.7. The van der Waals surface area contributed by atoms with Crippen LogP contribution in [0.5, 0.6) is 5.75 Å². The average Bonchev–Trinajstić information content (AvgIpc) is 2.57. The van der Waals surface area contributed by atoms with Gasteiger partial charge in [-0.05, 0) is 35.9 Å². The van der Waals surface area contributed by atoms with Crippen molar-refractivity contribution in [3.05, 3.63) is 64.7 Å². The van der Waals surface area contributed by atoms with Gasteiger partial charge in [0, 0.05) is 17.1 Å². The Labute approximate surface area is 140 Å². The summed E-state index contributed by atoms with van der Waals surface area (Å²) in [6, 6.07) is 14.5. The first-order valence-electron chi connectivity index (χ1n) is 7.06.